The average molecular weight is 788 g/mol. The van der Waals surface area contributed by atoms with Crippen LogP contribution in [0.1, 0.15) is 22.3 Å². The Hall–Kier alpha value is -8.01. The van der Waals surface area contributed by atoms with Gasteiger partial charge in [-0.05, 0) is 126 Å². The Balaban J connectivity index is 0.990. The van der Waals surface area contributed by atoms with Crippen LogP contribution in [-0.2, 0) is 5.41 Å². The van der Waals surface area contributed by atoms with E-state index in [1.807, 2.05) is 6.21 Å². The number of benzene rings is 10. The Morgan fingerprint density at radius 2 is 0.919 bits per heavy atom. The number of hydrogen-bond acceptors (Lipinski definition) is 2. The quantitative estimate of drug-likeness (QED) is 0.178. The fourth-order valence-corrected chi connectivity index (χ4v) is 11.5. The molecule has 0 atom stereocenters. The molecular formula is C59H37N3. The first kappa shape index (κ1) is 33.8. The number of para-hydroxylation sites is 2. The molecule has 3 nitrogen and oxygen atoms in total. The number of aromatic nitrogens is 1. The number of aliphatic imine (C=N–C) groups is 1. The molecule has 0 saturated heterocycles. The lowest BCUT2D eigenvalue weighted by Crippen LogP contribution is -2.26. The van der Waals surface area contributed by atoms with Crippen molar-refractivity contribution in [1.29, 1.82) is 0 Å². The predicted molar refractivity (Wildman–Crippen MR) is 260 cm³/mol. The van der Waals surface area contributed by atoms with Gasteiger partial charge in [-0.3, -0.25) is 4.99 Å². The fraction of sp³-hybridized carbons (Fsp3) is 0.0339. The molecule has 0 saturated carbocycles. The lowest BCUT2D eigenvalue weighted by Gasteiger charge is -2.31. The van der Waals surface area contributed by atoms with E-state index in [1.165, 1.54) is 116 Å². The lowest BCUT2D eigenvalue weighted by molar-refractivity contribution is 0.794. The van der Waals surface area contributed by atoms with E-state index in [1.54, 1.807) is 0 Å². The molecule has 1 aliphatic heterocycles. The highest BCUT2D eigenvalue weighted by Gasteiger charge is 2.51. The second-order valence-electron chi connectivity index (χ2n) is 17.0. The smallest absolute Gasteiger partial charge is 0.0942 e. The molecule has 11 aromatic rings. The highest BCUT2D eigenvalue weighted by atomic mass is 15.0. The Kier molecular flexibility index (Phi) is 6.82. The zero-order valence-electron chi connectivity index (χ0n) is 33.7. The van der Waals surface area contributed by atoms with Crippen LogP contribution in [0.5, 0.6) is 0 Å². The van der Waals surface area contributed by atoms with Crippen LogP contribution in [0.25, 0.3) is 93.5 Å². The molecule has 288 valence electrons. The summed E-state index contributed by atoms with van der Waals surface area (Å²) in [5.41, 5.74) is 20.7. The second-order valence-corrected chi connectivity index (χ2v) is 17.0. The Bertz CT molecular complexity index is 3710. The summed E-state index contributed by atoms with van der Waals surface area (Å²) in [6.45, 7) is 0.739. The third-order valence-electron chi connectivity index (χ3n) is 14.0. The van der Waals surface area contributed by atoms with Crippen LogP contribution in [0.15, 0.2) is 205 Å². The van der Waals surface area contributed by atoms with Gasteiger partial charge in [0.2, 0.25) is 0 Å². The Labute approximate surface area is 358 Å². The van der Waals surface area contributed by atoms with Crippen molar-refractivity contribution in [3.63, 3.8) is 0 Å². The SMILES string of the molecule is C1=Nc2c(c3ccccc3c3cc(-c4ccc5c(c4)C4(c6ccccc6-c6ccccc64)c4cc(-c6ccc7c(c6)c6ccccc6n7-c6ccccc6)ccc4-5)ccc23)NC1. The van der Waals surface area contributed by atoms with Crippen LogP contribution in [0.3, 0.4) is 0 Å². The molecule has 0 fully saturated rings. The maximum Gasteiger partial charge on any atom is 0.0942 e. The van der Waals surface area contributed by atoms with Crippen molar-refractivity contribution < 1.29 is 0 Å². The molecule has 0 radical (unpaired) electrons. The summed E-state index contributed by atoms with van der Waals surface area (Å²) in [6, 6.07) is 74.9. The maximum absolute atomic E-state index is 4.92. The van der Waals surface area contributed by atoms with Gasteiger partial charge in [-0.1, -0.05) is 152 Å². The highest BCUT2D eigenvalue weighted by Crippen LogP contribution is 2.63. The molecule has 10 aromatic carbocycles. The molecule has 3 aliphatic rings. The number of rotatable bonds is 3. The molecule has 0 amide bonds. The minimum absolute atomic E-state index is 0.486. The fourth-order valence-electron chi connectivity index (χ4n) is 11.5. The number of nitrogens with zero attached hydrogens (tertiary/aromatic N) is 2. The first-order valence-electron chi connectivity index (χ1n) is 21.6. The van der Waals surface area contributed by atoms with Crippen LogP contribution in [-0.4, -0.2) is 17.3 Å². The van der Waals surface area contributed by atoms with Crippen LogP contribution in [0.2, 0.25) is 0 Å². The van der Waals surface area contributed by atoms with Gasteiger partial charge in [-0.25, -0.2) is 0 Å². The van der Waals surface area contributed by atoms with E-state index in [0.29, 0.717) is 0 Å². The van der Waals surface area contributed by atoms with Crippen LogP contribution in [0, 0.1) is 0 Å². The van der Waals surface area contributed by atoms with Crippen LogP contribution < -0.4 is 5.32 Å². The molecule has 0 bridgehead atoms. The summed E-state index contributed by atoms with van der Waals surface area (Å²) in [5.74, 6) is 0. The third kappa shape index (κ3) is 4.41. The van der Waals surface area contributed by atoms with Crippen molar-refractivity contribution in [3.05, 3.63) is 222 Å². The van der Waals surface area contributed by atoms with Crippen LogP contribution >= 0.6 is 0 Å². The van der Waals surface area contributed by atoms with E-state index in [0.717, 1.165) is 17.9 Å². The number of hydrogen-bond donors (Lipinski definition) is 1. The number of anilines is 1. The van der Waals surface area contributed by atoms with Gasteiger partial charge >= 0.3 is 0 Å². The molecule has 1 N–H and O–H groups in total. The van der Waals surface area contributed by atoms with Gasteiger partial charge in [0, 0.05) is 33.4 Å². The summed E-state index contributed by atoms with van der Waals surface area (Å²) in [7, 11) is 0. The Morgan fingerprint density at radius 3 is 1.65 bits per heavy atom. The lowest BCUT2D eigenvalue weighted by atomic mass is 9.70. The van der Waals surface area contributed by atoms with Gasteiger partial charge in [-0.2, -0.15) is 0 Å². The molecule has 0 unspecified atom stereocenters. The third-order valence-corrected chi connectivity index (χ3v) is 14.0. The Morgan fingerprint density at radius 1 is 0.387 bits per heavy atom. The number of nitrogens with one attached hydrogen (secondary N) is 1. The number of fused-ring (bicyclic) bond motifs is 19. The van der Waals surface area contributed by atoms with Crippen molar-refractivity contribution in [2.24, 2.45) is 4.99 Å². The van der Waals surface area contributed by atoms with Crippen molar-refractivity contribution in [1.82, 2.24) is 4.57 Å². The average Bonchev–Trinajstić information content (AvgIpc) is 3.95. The monoisotopic (exact) mass is 787 g/mol. The van der Waals surface area contributed by atoms with Gasteiger partial charge in [-0.15, -0.1) is 0 Å². The summed E-state index contributed by atoms with van der Waals surface area (Å²) in [5, 5.41) is 11.0. The van der Waals surface area contributed by atoms with E-state index in [4.69, 9.17) is 4.99 Å². The molecule has 1 aromatic heterocycles. The first-order chi connectivity index (χ1) is 30.8. The molecule has 3 heteroatoms. The van der Waals surface area contributed by atoms with Crippen molar-refractivity contribution in [3.8, 4) is 50.2 Å². The molecular weight excluding hydrogens is 751 g/mol. The van der Waals surface area contributed by atoms with Crippen LogP contribution in [0.4, 0.5) is 11.4 Å². The van der Waals surface area contributed by atoms with E-state index < -0.39 is 5.41 Å². The summed E-state index contributed by atoms with van der Waals surface area (Å²) in [6.07, 6.45) is 1.98. The molecule has 1 spiro atoms. The summed E-state index contributed by atoms with van der Waals surface area (Å²) in [4.78, 5) is 4.92. The van der Waals surface area contributed by atoms with Gasteiger partial charge in [0.05, 0.1) is 34.4 Å². The first-order valence-corrected chi connectivity index (χ1v) is 21.6. The second kappa shape index (κ2) is 12.5. The largest absolute Gasteiger partial charge is 0.378 e. The van der Waals surface area contributed by atoms with Crippen molar-refractivity contribution >= 4 is 60.9 Å². The standard InChI is InChI=1S/C59H37N3/c1-2-12-40(13-3-1)62-55-21-11-8-17-46(55)50-33-37(25-29-56(50)62)39-23-27-45-44-26-22-38(36-24-28-48-49(32-36)41-14-4-5-18-47(41)57-58(48)61-31-30-60-57)34-53(44)59(54(45)35-39)51-19-9-6-15-42(51)43-16-7-10-20-52(43)59/h1-29,31-35,60H,30H2. The summed E-state index contributed by atoms with van der Waals surface area (Å²) >= 11 is 0. The molecule has 62 heavy (non-hydrogen) atoms. The summed E-state index contributed by atoms with van der Waals surface area (Å²) < 4.78 is 2.39. The van der Waals surface area contributed by atoms with E-state index in [9.17, 15) is 0 Å². The molecule has 14 rings (SSSR count). The van der Waals surface area contributed by atoms with E-state index in [2.05, 4.69) is 210 Å². The minimum Gasteiger partial charge on any atom is -0.378 e. The van der Waals surface area contributed by atoms with Gasteiger partial charge in [0.1, 0.15) is 0 Å². The highest BCUT2D eigenvalue weighted by molar-refractivity contribution is 6.21. The van der Waals surface area contributed by atoms with Gasteiger partial charge < -0.3 is 9.88 Å². The van der Waals surface area contributed by atoms with Crippen molar-refractivity contribution in [2.75, 3.05) is 11.9 Å². The molecule has 2 heterocycles. The predicted octanol–water partition coefficient (Wildman–Crippen LogP) is 14.9. The zero-order valence-corrected chi connectivity index (χ0v) is 33.7. The van der Waals surface area contributed by atoms with Gasteiger partial charge in [0.25, 0.3) is 0 Å². The topological polar surface area (TPSA) is 29.3 Å². The zero-order chi connectivity index (χ0) is 40.5. The van der Waals surface area contributed by atoms with E-state index >= 15 is 0 Å². The minimum atomic E-state index is -0.486. The van der Waals surface area contributed by atoms with Gasteiger partial charge in [0.15, 0.2) is 0 Å². The maximum atomic E-state index is 4.92. The van der Waals surface area contributed by atoms with Crippen molar-refractivity contribution in [2.45, 2.75) is 5.41 Å². The van der Waals surface area contributed by atoms with E-state index in [-0.39, 0.29) is 0 Å². The molecule has 2 aliphatic carbocycles. The normalized spacial score (nSPS) is 13.9.